The lowest BCUT2D eigenvalue weighted by Gasteiger charge is -2.19. The second-order valence-corrected chi connectivity index (χ2v) is 12.5. The van der Waals surface area contributed by atoms with Crippen LogP contribution in [0.5, 0.6) is 0 Å². The van der Waals surface area contributed by atoms with Crippen LogP contribution in [0.2, 0.25) is 0 Å². The summed E-state index contributed by atoms with van der Waals surface area (Å²) in [6.45, 7) is 5.83. The molecule has 0 atom stereocenters. The molecule has 0 saturated heterocycles. The number of aromatic nitrogens is 2. The number of fused-ring (bicyclic) bond motifs is 1. The van der Waals surface area contributed by atoms with Crippen molar-refractivity contribution in [1.82, 2.24) is 9.97 Å². The molecule has 6 heteroatoms. The van der Waals surface area contributed by atoms with Crippen molar-refractivity contribution in [3.63, 3.8) is 0 Å². The van der Waals surface area contributed by atoms with Crippen LogP contribution >= 0.6 is 0 Å². The molecule has 2 heterocycles. The Balaban J connectivity index is 1.71. The maximum Gasteiger partial charge on any atom is 0.175 e. The Labute approximate surface area is 235 Å². The summed E-state index contributed by atoms with van der Waals surface area (Å²) in [5, 5.41) is 10.8. The molecule has 0 spiro atoms. The zero-order chi connectivity index (χ0) is 28.5. The number of benzene rings is 3. The van der Waals surface area contributed by atoms with Crippen molar-refractivity contribution in [2.75, 3.05) is 6.26 Å². The lowest BCUT2D eigenvalue weighted by atomic mass is 9.83. The summed E-state index contributed by atoms with van der Waals surface area (Å²) in [7, 11) is -3.32. The van der Waals surface area contributed by atoms with Crippen molar-refractivity contribution in [1.29, 1.82) is 5.26 Å². The van der Waals surface area contributed by atoms with Crippen LogP contribution in [0.25, 0.3) is 33.7 Å². The number of hydrogen-bond acceptors (Lipinski definition) is 5. The van der Waals surface area contributed by atoms with Gasteiger partial charge in [0, 0.05) is 29.6 Å². The molecule has 0 aliphatic rings. The van der Waals surface area contributed by atoms with E-state index < -0.39 is 15.3 Å². The van der Waals surface area contributed by atoms with Crippen LogP contribution in [0.15, 0.2) is 102 Å². The SMILES string of the molecule is Cc1ccc(/C=C(\c2ccc(S(C)(=O)=O)cc2)c2cccc(-c3cc(C(C)(C)C#N)cc4cccnc34)c2)nc1. The monoisotopic (exact) mass is 543 g/mol. The van der Waals surface area contributed by atoms with Gasteiger partial charge in [0.15, 0.2) is 9.84 Å². The average molecular weight is 544 g/mol. The number of hydrogen-bond donors (Lipinski definition) is 0. The number of rotatable bonds is 6. The van der Waals surface area contributed by atoms with Gasteiger partial charge in [0.2, 0.25) is 0 Å². The van der Waals surface area contributed by atoms with Gasteiger partial charge in [-0.05, 0) is 103 Å². The molecular formula is C34H29N3O2S. The van der Waals surface area contributed by atoms with Crippen LogP contribution in [0, 0.1) is 18.3 Å². The maximum absolute atomic E-state index is 12.1. The number of nitriles is 1. The number of sulfone groups is 1. The van der Waals surface area contributed by atoms with E-state index in [4.69, 9.17) is 0 Å². The summed E-state index contributed by atoms with van der Waals surface area (Å²) in [6.07, 6.45) is 6.83. The Hall–Kier alpha value is -4.60. The molecule has 5 aromatic rings. The quantitative estimate of drug-likeness (QED) is 0.223. The van der Waals surface area contributed by atoms with Crippen LogP contribution in [0.3, 0.4) is 0 Å². The van der Waals surface area contributed by atoms with E-state index in [0.717, 1.165) is 55.6 Å². The van der Waals surface area contributed by atoms with Gasteiger partial charge in [-0.3, -0.25) is 9.97 Å². The van der Waals surface area contributed by atoms with Gasteiger partial charge >= 0.3 is 0 Å². The molecule has 40 heavy (non-hydrogen) atoms. The summed E-state index contributed by atoms with van der Waals surface area (Å²) in [6, 6.07) is 29.5. The number of aryl methyl sites for hydroxylation is 1. The van der Waals surface area contributed by atoms with E-state index in [2.05, 4.69) is 28.2 Å². The molecule has 0 aliphatic carbocycles. The fourth-order valence-electron chi connectivity index (χ4n) is 4.62. The van der Waals surface area contributed by atoms with E-state index >= 15 is 0 Å². The molecule has 0 aliphatic heterocycles. The van der Waals surface area contributed by atoms with Crippen molar-refractivity contribution in [2.24, 2.45) is 0 Å². The van der Waals surface area contributed by atoms with Gasteiger partial charge in [0.1, 0.15) is 0 Å². The van der Waals surface area contributed by atoms with E-state index in [-0.39, 0.29) is 4.90 Å². The topological polar surface area (TPSA) is 83.7 Å². The van der Waals surface area contributed by atoms with Gasteiger partial charge in [-0.15, -0.1) is 0 Å². The first-order valence-electron chi connectivity index (χ1n) is 12.9. The smallest absolute Gasteiger partial charge is 0.175 e. The van der Waals surface area contributed by atoms with E-state index in [1.54, 1.807) is 18.3 Å². The first-order chi connectivity index (χ1) is 19.0. The van der Waals surface area contributed by atoms with Crippen molar-refractivity contribution in [3.8, 4) is 17.2 Å². The molecule has 198 valence electrons. The Bertz CT molecular complexity index is 1900. The molecule has 0 radical (unpaired) electrons. The molecule has 5 nitrogen and oxygen atoms in total. The minimum absolute atomic E-state index is 0.271. The Morgan fingerprint density at radius 3 is 2.35 bits per heavy atom. The van der Waals surface area contributed by atoms with Crippen molar-refractivity contribution >= 4 is 32.4 Å². The predicted octanol–water partition coefficient (Wildman–Crippen LogP) is 7.40. The second kappa shape index (κ2) is 10.5. The summed E-state index contributed by atoms with van der Waals surface area (Å²) in [5.41, 5.74) is 7.61. The van der Waals surface area contributed by atoms with Crippen LogP contribution in [0.1, 0.15) is 41.8 Å². The maximum atomic E-state index is 12.1. The van der Waals surface area contributed by atoms with E-state index in [1.807, 2.05) is 93.7 Å². The first kappa shape index (κ1) is 27.0. The molecule has 2 aromatic heterocycles. The average Bonchev–Trinajstić information content (AvgIpc) is 2.96. The Morgan fingerprint density at radius 1 is 0.900 bits per heavy atom. The van der Waals surface area contributed by atoms with Gasteiger partial charge in [0.25, 0.3) is 0 Å². The molecule has 0 fully saturated rings. The molecule has 0 bridgehead atoms. The van der Waals surface area contributed by atoms with E-state index in [9.17, 15) is 13.7 Å². The third-order valence-electron chi connectivity index (χ3n) is 7.01. The molecule has 0 unspecified atom stereocenters. The van der Waals surface area contributed by atoms with Crippen LogP contribution in [-0.2, 0) is 15.3 Å². The highest BCUT2D eigenvalue weighted by Gasteiger charge is 2.22. The predicted molar refractivity (Wildman–Crippen MR) is 161 cm³/mol. The largest absolute Gasteiger partial charge is 0.257 e. The third-order valence-corrected chi connectivity index (χ3v) is 8.14. The zero-order valence-electron chi connectivity index (χ0n) is 22.9. The normalized spacial score (nSPS) is 12.3. The third kappa shape index (κ3) is 5.56. The molecule has 0 N–H and O–H groups in total. The van der Waals surface area contributed by atoms with E-state index in [0.29, 0.717) is 0 Å². The van der Waals surface area contributed by atoms with Gasteiger partial charge in [0.05, 0.1) is 27.6 Å². The standard InChI is InChI=1S/C34H29N3O2S/c1-23-10-13-29(37-21-23)20-31(24-11-14-30(15-12-24)40(4,38)39)25-7-5-8-26(17-25)32-19-28(34(2,3)22-35)18-27-9-6-16-36-33(27)32/h5-21H,1-4H3/b31-20+. The number of nitrogens with zero attached hydrogens (tertiary/aromatic N) is 3. The minimum Gasteiger partial charge on any atom is -0.257 e. The van der Waals surface area contributed by atoms with Crippen LogP contribution < -0.4 is 0 Å². The second-order valence-electron chi connectivity index (χ2n) is 10.5. The summed E-state index contributed by atoms with van der Waals surface area (Å²) >= 11 is 0. The van der Waals surface area contributed by atoms with Gasteiger partial charge in [-0.1, -0.05) is 42.5 Å². The lowest BCUT2D eigenvalue weighted by molar-refractivity contribution is 0.602. The first-order valence-corrected chi connectivity index (χ1v) is 14.8. The minimum atomic E-state index is -3.32. The summed E-state index contributed by atoms with van der Waals surface area (Å²) in [4.78, 5) is 9.54. The van der Waals surface area contributed by atoms with Crippen molar-refractivity contribution < 1.29 is 8.42 Å². The molecule has 0 amide bonds. The van der Waals surface area contributed by atoms with Crippen molar-refractivity contribution in [2.45, 2.75) is 31.1 Å². The van der Waals surface area contributed by atoms with Crippen LogP contribution in [-0.4, -0.2) is 24.6 Å². The molecular weight excluding hydrogens is 514 g/mol. The highest BCUT2D eigenvalue weighted by Crippen LogP contribution is 2.36. The van der Waals surface area contributed by atoms with Gasteiger partial charge in [-0.2, -0.15) is 5.26 Å². The molecule has 0 saturated carbocycles. The fourth-order valence-corrected chi connectivity index (χ4v) is 5.25. The Kier molecular flexibility index (Phi) is 7.10. The highest BCUT2D eigenvalue weighted by atomic mass is 32.2. The van der Waals surface area contributed by atoms with Gasteiger partial charge in [-0.25, -0.2) is 8.42 Å². The number of pyridine rings is 2. The highest BCUT2D eigenvalue weighted by molar-refractivity contribution is 7.90. The lowest BCUT2D eigenvalue weighted by Crippen LogP contribution is -2.14. The van der Waals surface area contributed by atoms with Gasteiger partial charge < -0.3 is 0 Å². The molecule has 3 aromatic carbocycles. The zero-order valence-corrected chi connectivity index (χ0v) is 23.7. The summed E-state index contributed by atoms with van der Waals surface area (Å²) in [5.74, 6) is 0. The summed E-state index contributed by atoms with van der Waals surface area (Å²) < 4.78 is 24.2. The van der Waals surface area contributed by atoms with E-state index in [1.165, 1.54) is 6.26 Å². The Morgan fingerprint density at radius 2 is 1.68 bits per heavy atom. The fraction of sp³-hybridized carbons (Fsp3) is 0.147. The van der Waals surface area contributed by atoms with Crippen LogP contribution in [0.4, 0.5) is 0 Å². The molecule has 5 rings (SSSR count). The van der Waals surface area contributed by atoms with Crippen molar-refractivity contribution in [3.05, 3.63) is 125 Å².